The second-order valence-corrected chi connectivity index (χ2v) is 8.99. The van der Waals surface area contributed by atoms with Crippen LogP contribution in [0.25, 0.3) is 11.0 Å². The molecule has 2 heterocycles. The van der Waals surface area contributed by atoms with Gasteiger partial charge in [0.2, 0.25) is 11.8 Å². The lowest BCUT2D eigenvalue weighted by molar-refractivity contribution is -0.118. The Morgan fingerprint density at radius 3 is 2.44 bits per heavy atom. The highest BCUT2D eigenvalue weighted by Crippen LogP contribution is 2.37. The molecule has 0 radical (unpaired) electrons. The summed E-state index contributed by atoms with van der Waals surface area (Å²) in [5.41, 5.74) is 1.45. The van der Waals surface area contributed by atoms with Gasteiger partial charge in [-0.25, -0.2) is 4.98 Å². The van der Waals surface area contributed by atoms with Crippen molar-refractivity contribution in [3.05, 3.63) is 79.3 Å². The molecular formula is C27H28N6O3. The summed E-state index contributed by atoms with van der Waals surface area (Å²) >= 11 is 0. The van der Waals surface area contributed by atoms with E-state index in [1.807, 2.05) is 84.4 Å². The maximum atomic E-state index is 12.1. The quantitative estimate of drug-likeness (QED) is 0.353. The van der Waals surface area contributed by atoms with Crippen molar-refractivity contribution in [2.24, 2.45) is 0 Å². The average molecular weight is 485 g/mol. The van der Waals surface area contributed by atoms with Gasteiger partial charge in [-0.15, -0.1) is 0 Å². The van der Waals surface area contributed by atoms with Crippen LogP contribution < -0.4 is 14.8 Å². The zero-order chi connectivity index (χ0) is 24.9. The lowest BCUT2D eigenvalue weighted by Gasteiger charge is -2.36. The molecule has 0 spiro atoms. The molecule has 4 aromatic rings. The fourth-order valence-electron chi connectivity index (χ4n) is 4.05. The normalized spacial score (nSPS) is 17.3. The summed E-state index contributed by atoms with van der Waals surface area (Å²) in [6.07, 6.45) is 8.20. The van der Waals surface area contributed by atoms with Gasteiger partial charge in [0.1, 0.15) is 34.6 Å². The third-order valence-corrected chi connectivity index (χ3v) is 5.91. The molecule has 1 fully saturated rings. The summed E-state index contributed by atoms with van der Waals surface area (Å²) in [5, 5.41) is 7.59. The minimum absolute atomic E-state index is 0.0716. The second kappa shape index (κ2) is 10.6. The van der Waals surface area contributed by atoms with Crippen LogP contribution in [0.4, 0.5) is 0 Å². The fourth-order valence-corrected chi connectivity index (χ4v) is 4.05. The van der Waals surface area contributed by atoms with E-state index in [-0.39, 0.29) is 18.0 Å². The van der Waals surface area contributed by atoms with Crippen molar-refractivity contribution >= 4 is 16.9 Å². The molecule has 0 saturated heterocycles. The number of aromatic nitrogens is 4. The number of carbonyl (C=O) groups excluding carboxylic acids is 1. The molecular weight excluding hydrogens is 456 g/mol. The lowest BCUT2D eigenvalue weighted by atomic mass is 9.86. The summed E-state index contributed by atoms with van der Waals surface area (Å²) < 4.78 is 13.9. The van der Waals surface area contributed by atoms with Gasteiger partial charge in [-0.3, -0.25) is 9.48 Å². The Labute approximate surface area is 209 Å². The number of fused-ring (bicyclic) bond motifs is 1. The van der Waals surface area contributed by atoms with Gasteiger partial charge in [-0.2, -0.15) is 10.1 Å². The third-order valence-electron chi connectivity index (χ3n) is 5.91. The number of carbonyl (C=O) groups is 1. The first kappa shape index (κ1) is 23.5. The van der Waals surface area contributed by atoms with E-state index < -0.39 is 0 Å². The van der Waals surface area contributed by atoms with Crippen LogP contribution in [0, 0.1) is 0 Å². The molecule has 1 aliphatic rings. The number of nitrogens with one attached hydrogen (secondary N) is 1. The van der Waals surface area contributed by atoms with E-state index in [9.17, 15) is 4.79 Å². The molecule has 2 aromatic heterocycles. The highest BCUT2D eigenvalue weighted by atomic mass is 16.5. The largest absolute Gasteiger partial charge is 0.457 e. The zero-order valence-corrected chi connectivity index (χ0v) is 20.2. The van der Waals surface area contributed by atoms with Crippen molar-refractivity contribution in [1.29, 1.82) is 0 Å². The first-order valence-corrected chi connectivity index (χ1v) is 11.9. The first-order valence-electron chi connectivity index (χ1n) is 11.9. The van der Waals surface area contributed by atoms with Gasteiger partial charge < -0.3 is 19.7 Å². The number of rotatable bonds is 9. The van der Waals surface area contributed by atoms with E-state index in [1.165, 1.54) is 6.33 Å². The molecule has 36 heavy (non-hydrogen) atoms. The van der Waals surface area contributed by atoms with E-state index in [1.54, 1.807) is 12.3 Å². The number of likely N-dealkylation sites (N-methyl/N-ethyl adjacent to an activating group) is 1. The van der Waals surface area contributed by atoms with Gasteiger partial charge in [0.15, 0.2) is 0 Å². The maximum absolute atomic E-state index is 12.1. The number of benzene rings is 2. The van der Waals surface area contributed by atoms with E-state index >= 15 is 0 Å². The second-order valence-electron chi connectivity index (χ2n) is 8.99. The number of hydrogen-bond acceptors (Lipinski definition) is 7. The molecule has 2 aromatic carbocycles. The molecule has 1 saturated carbocycles. The number of nitrogens with zero attached hydrogens (tertiary/aromatic N) is 5. The Bertz CT molecular complexity index is 1350. The Balaban J connectivity index is 1.24. The Hall–Kier alpha value is -4.24. The van der Waals surface area contributed by atoms with E-state index in [2.05, 4.69) is 20.4 Å². The topological polar surface area (TPSA) is 94.4 Å². The smallest absolute Gasteiger partial charge is 0.248 e. The van der Waals surface area contributed by atoms with E-state index in [4.69, 9.17) is 9.47 Å². The summed E-state index contributed by atoms with van der Waals surface area (Å²) in [5.74, 6) is 2.48. The van der Waals surface area contributed by atoms with Crippen LogP contribution in [-0.2, 0) is 4.79 Å². The van der Waals surface area contributed by atoms with Crippen LogP contribution in [0.2, 0.25) is 0 Å². The van der Waals surface area contributed by atoms with Crippen molar-refractivity contribution in [3.8, 4) is 23.1 Å². The van der Waals surface area contributed by atoms with Crippen LogP contribution in [-0.4, -0.2) is 57.2 Å². The van der Waals surface area contributed by atoms with E-state index in [0.29, 0.717) is 22.9 Å². The molecule has 5 rings (SSSR count). The highest BCUT2D eigenvalue weighted by molar-refractivity contribution is 5.87. The maximum Gasteiger partial charge on any atom is 0.248 e. The van der Waals surface area contributed by atoms with Crippen LogP contribution in [0.3, 0.4) is 0 Å². The van der Waals surface area contributed by atoms with Crippen LogP contribution in [0.15, 0.2) is 79.3 Å². The molecule has 184 valence electrons. The molecule has 0 bridgehead atoms. The SMILES string of the molecule is CN(C)C/C=C/C(=O)N[C@H]1C[C@H](n2ncc3ncnc(Oc4ccc(Oc5ccccc5)cc4)c32)C1. The Kier molecular flexibility index (Phi) is 6.90. The molecule has 9 nitrogen and oxygen atoms in total. The number of para-hydroxylation sites is 1. The van der Waals surface area contributed by atoms with Crippen LogP contribution in [0.5, 0.6) is 23.1 Å². The van der Waals surface area contributed by atoms with Crippen molar-refractivity contribution in [1.82, 2.24) is 30.0 Å². The van der Waals surface area contributed by atoms with Crippen molar-refractivity contribution in [3.63, 3.8) is 0 Å². The number of ether oxygens (including phenoxy) is 2. The van der Waals surface area contributed by atoms with E-state index in [0.717, 1.165) is 30.7 Å². The van der Waals surface area contributed by atoms with Crippen molar-refractivity contribution < 1.29 is 14.3 Å². The van der Waals surface area contributed by atoms with Crippen LogP contribution >= 0.6 is 0 Å². The summed E-state index contributed by atoms with van der Waals surface area (Å²) in [4.78, 5) is 22.8. The van der Waals surface area contributed by atoms with Gasteiger partial charge in [0.25, 0.3) is 0 Å². The molecule has 1 N–H and O–H groups in total. The molecule has 0 atom stereocenters. The van der Waals surface area contributed by atoms with Gasteiger partial charge in [-0.05, 0) is 63.3 Å². The van der Waals surface area contributed by atoms with Crippen molar-refractivity contribution in [2.75, 3.05) is 20.6 Å². The highest BCUT2D eigenvalue weighted by Gasteiger charge is 2.33. The van der Waals surface area contributed by atoms with Gasteiger partial charge in [0.05, 0.1) is 12.2 Å². The zero-order valence-electron chi connectivity index (χ0n) is 20.2. The standard InChI is InChI=1S/C27H28N6O3/c1-32(2)14-6-9-25(34)31-19-15-20(16-19)33-26-24(17-30-33)28-18-29-27(26)36-23-12-10-22(11-13-23)35-21-7-4-3-5-8-21/h3-13,17-20H,14-16H2,1-2H3,(H,31,34)/b9-6+/t19-,20-. The monoisotopic (exact) mass is 484 g/mol. The predicted octanol–water partition coefficient (Wildman–Crippen LogP) is 4.35. The number of amides is 1. The first-order chi connectivity index (χ1) is 17.5. The van der Waals surface area contributed by atoms with Crippen molar-refractivity contribution in [2.45, 2.75) is 24.9 Å². The Morgan fingerprint density at radius 1 is 1.03 bits per heavy atom. The summed E-state index contributed by atoms with van der Waals surface area (Å²) in [6, 6.07) is 17.2. The molecule has 0 unspecified atom stereocenters. The minimum atomic E-state index is -0.0716. The third kappa shape index (κ3) is 5.52. The van der Waals surface area contributed by atoms with Gasteiger partial charge >= 0.3 is 0 Å². The Morgan fingerprint density at radius 2 is 1.72 bits per heavy atom. The van der Waals surface area contributed by atoms with Crippen LogP contribution in [0.1, 0.15) is 18.9 Å². The summed E-state index contributed by atoms with van der Waals surface area (Å²) in [6.45, 7) is 0.728. The average Bonchev–Trinajstić information content (AvgIpc) is 3.27. The molecule has 1 amide bonds. The molecule has 1 aliphatic carbocycles. The van der Waals surface area contributed by atoms with Gasteiger partial charge in [-0.1, -0.05) is 24.3 Å². The minimum Gasteiger partial charge on any atom is -0.457 e. The fraction of sp³-hybridized carbons (Fsp3) is 0.259. The lowest BCUT2D eigenvalue weighted by Crippen LogP contribution is -2.44. The predicted molar refractivity (Wildman–Crippen MR) is 136 cm³/mol. The summed E-state index contributed by atoms with van der Waals surface area (Å²) in [7, 11) is 3.93. The number of hydrogen-bond donors (Lipinski definition) is 1. The molecule has 0 aliphatic heterocycles. The van der Waals surface area contributed by atoms with Gasteiger partial charge in [0, 0.05) is 18.7 Å². The molecule has 9 heteroatoms.